The van der Waals surface area contributed by atoms with Crippen molar-refractivity contribution in [2.24, 2.45) is 0 Å². The van der Waals surface area contributed by atoms with Gasteiger partial charge in [-0.1, -0.05) is 12.1 Å². The van der Waals surface area contributed by atoms with Crippen LogP contribution >= 0.6 is 11.8 Å². The summed E-state index contributed by atoms with van der Waals surface area (Å²) in [5.41, 5.74) is 2.38. The molecular formula is C11H14OS. The Hall–Kier alpha value is -0.630. The van der Waals surface area contributed by atoms with Crippen molar-refractivity contribution in [2.75, 3.05) is 5.75 Å². The van der Waals surface area contributed by atoms with E-state index in [2.05, 4.69) is 13.0 Å². The molecule has 1 atom stereocenters. The second-order valence-electron chi connectivity index (χ2n) is 3.51. The van der Waals surface area contributed by atoms with Crippen molar-refractivity contribution in [1.29, 1.82) is 0 Å². The lowest BCUT2D eigenvalue weighted by molar-refractivity contribution is 0.466. The van der Waals surface area contributed by atoms with Crippen LogP contribution in [0.5, 0.6) is 5.75 Å². The molecule has 1 aliphatic rings. The predicted molar refractivity (Wildman–Crippen MR) is 57.3 cm³/mol. The molecule has 1 unspecified atom stereocenters. The number of aryl methyl sites for hydroxylation is 1. The van der Waals surface area contributed by atoms with Crippen LogP contribution in [0.3, 0.4) is 0 Å². The van der Waals surface area contributed by atoms with Gasteiger partial charge in [-0.15, -0.1) is 0 Å². The molecule has 0 spiro atoms. The Morgan fingerprint density at radius 1 is 1.46 bits per heavy atom. The lowest BCUT2D eigenvalue weighted by Gasteiger charge is -2.13. The third kappa shape index (κ3) is 1.68. The first-order chi connectivity index (χ1) is 6.29. The third-order valence-electron chi connectivity index (χ3n) is 2.55. The summed E-state index contributed by atoms with van der Waals surface area (Å²) in [6.07, 6.45) is 2.49. The highest BCUT2D eigenvalue weighted by Gasteiger charge is 2.21. The van der Waals surface area contributed by atoms with Gasteiger partial charge in [0, 0.05) is 10.8 Å². The van der Waals surface area contributed by atoms with E-state index in [9.17, 15) is 5.11 Å². The van der Waals surface area contributed by atoms with E-state index >= 15 is 0 Å². The van der Waals surface area contributed by atoms with E-state index in [1.807, 2.05) is 17.8 Å². The molecule has 2 heteroatoms. The number of phenolic OH excluding ortho intramolecular Hbond substituents is 1. The summed E-state index contributed by atoms with van der Waals surface area (Å²) in [7, 11) is 0. The van der Waals surface area contributed by atoms with Gasteiger partial charge >= 0.3 is 0 Å². The van der Waals surface area contributed by atoms with Crippen molar-refractivity contribution < 1.29 is 5.11 Å². The van der Waals surface area contributed by atoms with Gasteiger partial charge in [0.05, 0.1) is 0 Å². The Bertz CT molecular complexity index is 283. The number of aromatic hydroxyl groups is 1. The van der Waals surface area contributed by atoms with Crippen LogP contribution < -0.4 is 0 Å². The number of rotatable bonds is 1. The fourth-order valence-corrected chi connectivity index (χ4v) is 3.31. The highest BCUT2D eigenvalue weighted by molar-refractivity contribution is 7.99. The van der Waals surface area contributed by atoms with Crippen molar-refractivity contribution in [1.82, 2.24) is 0 Å². The molecule has 0 aliphatic carbocycles. The van der Waals surface area contributed by atoms with Crippen LogP contribution in [0.4, 0.5) is 0 Å². The largest absolute Gasteiger partial charge is 0.508 e. The van der Waals surface area contributed by atoms with E-state index in [-0.39, 0.29) is 0 Å². The lowest BCUT2D eigenvalue weighted by Crippen LogP contribution is -1.93. The fraction of sp³-hybridized carbons (Fsp3) is 0.455. The third-order valence-corrected chi connectivity index (χ3v) is 3.95. The van der Waals surface area contributed by atoms with Crippen molar-refractivity contribution in [2.45, 2.75) is 25.0 Å². The summed E-state index contributed by atoms with van der Waals surface area (Å²) in [6, 6.07) is 5.78. The number of benzene rings is 1. The SMILES string of the molecule is Cc1cccc(O)c1C1CCCS1. The molecule has 1 aromatic rings. The van der Waals surface area contributed by atoms with Gasteiger partial charge in [-0.25, -0.2) is 0 Å². The highest BCUT2D eigenvalue weighted by atomic mass is 32.2. The van der Waals surface area contributed by atoms with Crippen molar-refractivity contribution in [3.05, 3.63) is 29.3 Å². The Morgan fingerprint density at radius 3 is 2.92 bits per heavy atom. The second kappa shape index (κ2) is 3.62. The van der Waals surface area contributed by atoms with Gasteiger partial charge in [-0.05, 0) is 37.1 Å². The minimum Gasteiger partial charge on any atom is -0.508 e. The molecule has 1 heterocycles. The molecule has 1 N–H and O–H groups in total. The van der Waals surface area contributed by atoms with Gasteiger partial charge in [-0.2, -0.15) is 11.8 Å². The van der Waals surface area contributed by atoms with E-state index in [1.165, 1.54) is 24.2 Å². The summed E-state index contributed by atoms with van der Waals surface area (Å²) in [5.74, 6) is 1.71. The maximum Gasteiger partial charge on any atom is 0.120 e. The van der Waals surface area contributed by atoms with Gasteiger partial charge in [0.1, 0.15) is 5.75 Å². The average molecular weight is 194 g/mol. The zero-order chi connectivity index (χ0) is 9.26. The number of phenols is 1. The maximum atomic E-state index is 9.74. The van der Waals surface area contributed by atoms with E-state index < -0.39 is 0 Å². The van der Waals surface area contributed by atoms with E-state index in [0.717, 1.165) is 5.56 Å². The van der Waals surface area contributed by atoms with Crippen molar-refractivity contribution >= 4 is 11.8 Å². The van der Waals surface area contributed by atoms with Gasteiger partial charge in [0.15, 0.2) is 0 Å². The van der Waals surface area contributed by atoms with Crippen LogP contribution in [-0.4, -0.2) is 10.9 Å². The van der Waals surface area contributed by atoms with E-state index in [1.54, 1.807) is 6.07 Å². The first-order valence-corrected chi connectivity index (χ1v) is 5.74. The van der Waals surface area contributed by atoms with Crippen LogP contribution in [0.25, 0.3) is 0 Å². The number of hydrogen-bond donors (Lipinski definition) is 1. The van der Waals surface area contributed by atoms with Gasteiger partial charge in [0.2, 0.25) is 0 Å². The molecule has 0 amide bonds. The maximum absolute atomic E-state index is 9.74. The van der Waals surface area contributed by atoms with Gasteiger partial charge in [-0.3, -0.25) is 0 Å². The summed E-state index contributed by atoms with van der Waals surface area (Å²) >= 11 is 1.96. The Kier molecular flexibility index (Phi) is 2.49. The molecule has 1 aromatic carbocycles. The molecule has 0 saturated carbocycles. The zero-order valence-electron chi connectivity index (χ0n) is 7.79. The molecule has 0 radical (unpaired) electrons. The molecule has 1 aliphatic heterocycles. The normalized spacial score (nSPS) is 22.1. The van der Waals surface area contributed by atoms with Crippen LogP contribution in [0.15, 0.2) is 18.2 Å². The van der Waals surface area contributed by atoms with Crippen LogP contribution in [-0.2, 0) is 0 Å². The molecule has 0 bridgehead atoms. The monoisotopic (exact) mass is 194 g/mol. The quantitative estimate of drug-likeness (QED) is 0.740. The summed E-state index contributed by atoms with van der Waals surface area (Å²) in [5, 5.41) is 10.3. The Balaban J connectivity index is 2.37. The molecule has 0 aromatic heterocycles. The molecule has 1 fully saturated rings. The van der Waals surface area contributed by atoms with Crippen molar-refractivity contribution in [3.63, 3.8) is 0 Å². The zero-order valence-corrected chi connectivity index (χ0v) is 8.60. The van der Waals surface area contributed by atoms with Crippen LogP contribution in [0.2, 0.25) is 0 Å². The van der Waals surface area contributed by atoms with E-state index in [4.69, 9.17) is 0 Å². The van der Waals surface area contributed by atoms with Crippen molar-refractivity contribution in [3.8, 4) is 5.75 Å². The molecule has 13 heavy (non-hydrogen) atoms. The van der Waals surface area contributed by atoms with Gasteiger partial charge in [0.25, 0.3) is 0 Å². The summed E-state index contributed by atoms with van der Waals surface area (Å²) in [6.45, 7) is 2.08. The first kappa shape index (κ1) is 8.95. The summed E-state index contributed by atoms with van der Waals surface area (Å²) < 4.78 is 0. The molecule has 2 rings (SSSR count). The Morgan fingerprint density at radius 2 is 2.31 bits per heavy atom. The highest BCUT2D eigenvalue weighted by Crippen LogP contribution is 2.44. The van der Waals surface area contributed by atoms with Crippen LogP contribution in [0.1, 0.15) is 29.2 Å². The molecule has 1 saturated heterocycles. The topological polar surface area (TPSA) is 20.2 Å². The summed E-state index contributed by atoms with van der Waals surface area (Å²) in [4.78, 5) is 0. The molecule has 1 nitrogen and oxygen atoms in total. The average Bonchev–Trinajstić information content (AvgIpc) is 2.57. The number of thioether (sulfide) groups is 1. The number of hydrogen-bond acceptors (Lipinski definition) is 2. The fourth-order valence-electron chi connectivity index (χ4n) is 1.89. The smallest absolute Gasteiger partial charge is 0.120 e. The molecule has 70 valence electrons. The second-order valence-corrected chi connectivity index (χ2v) is 4.82. The minimum atomic E-state index is 0.472. The predicted octanol–water partition coefficient (Wildman–Crippen LogP) is 3.27. The van der Waals surface area contributed by atoms with Gasteiger partial charge < -0.3 is 5.11 Å². The lowest BCUT2D eigenvalue weighted by atomic mass is 10.0. The Labute approximate surface area is 83.2 Å². The first-order valence-electron chi connectivity index (χ1n) is 4.69. The standard InChI is InChI=1S/C11H14OS/c1-8-4-2-5-9(12)11(8)10-6-3-7-13-10/h2,4-5,10,12H,3,6-7H2,1H3. The molecular weight excluding hydrogens is 180 g/mol. The van der Waals surface area contributed by atoms with E-state index in [0.29, 0.717) is 11.0 Å². The van der Waals surface area contributed by atoms with Crippen LogP contribution in [0, 0.1) is 6.92 Å². The minimum absolute atomic E-state index is 0.472.